The van der Waals surface area contributed by atoms with Crippen LogP contribution in [0.2, 0.25) is 0 Å². The van der Waals surface area contributed by atoms with Crippen molar-refractivity contribution in [1.82, 2.24) is 0 Å². The molecule has 1 atom stereocenters. The van der Waals surface area contributed by atoms with E-state index in [-0.39, 0.29) is 0 Å². The van der Waals surface area contributed by atoms with Crippen LogP contribution in [-0.2, 0) is 0 Å². The third kappa shape index (κ3) is 0.344. The second kappa shape index (κ2) is 0.852. The van der Waals surface area contributed by atoms with Gasteiger partial charge in [0.1, 0.15) is 0 Å². The Labute approximate surface area is 32.5 Å². The standard InChI is InChI=1S/C5H7/c1-5-3-2-4-5/h3,5H,4H2,1H3. The Hall–Kier alpha value is -0.260. The van der Waals surface area contributed by atoms with E-state index in [1.807, 2.05) is 0 Å². The molecule has 0 amide bonds. The van der Waals surface area contributed by atoms with E-state index < -0.39 is 0 Å². The smallest absolute Gasteiger partial charge is 0.0216 e. The molecule has 0 N–H and O–H groups in total. The molecule has 0 aromatic rings. The molecule has 0 saturated carbocycles. The number of rotatable bonds is 0. The molecule has 0 bridgehead atoms. The van der Waals surface area contributed by atoms with Gasteiger partial charge in [-0.2, -0.15) is 0 Å². The average molecular weight is 67.1 g/mol. The molecule has 0 fully saturated rings. The van der Waals surface area contributed by atoms with Gasteiger partial charge in [0.15, 0.2) is 0 Å². The summed E-state index contributed by atoms with van der Waals surface area (Å²) in [7, 11) is 0. The molecule has 0 spiro atoms. The molecule has 1 rings (SSSR count). The molecule has 0 nitrogen and oxygen atoms in total. The van der Waals surface area contributed by atoms with Gasteiger partial charge in [-0.3, -0.25) is 0 Å². The molecule has 5 heavy (non-hydrogen) atoms. The Balaban J connectivity index is 2.39. The fourth-order valence-electron chi connectivity index (χ4n) is 0.354. The van der Waals surface area contributed by atoms with Gasteiger partial charge in [0, 0.05) is 0 Å². The van der Waals surface area contributed by atoms with Crippen LogP contribution < -0.4 is 0 Å². The van der Waals surface area contributed by atoms with Gasteiger partial charge in [0.2, 0.25) is 0 Å². The first-order chi connectivity index (χ1) is 2.39. The van der Waals surface area contributed by atoms with E-state index in [2.05, 4.69) is 19.1 Å². The van der Waals surface area contributed by atoms with E-state index in [0.717, 1.165) is 5.92 Å². The van der Waals surface area contributed by atoms with E-state index in [4.69, 9.17) is 0 Å². The number of hydrogen-bond acceptors (Lipinski definition) is 0. The van der Waals surface area contributed by atoms with E-state index in [9.17, 15) is 0 Å². The van der Waals surface area contributed by atoms with Crippen molar-refractivity contribution in [1.29, 1.82) is 0 Å². The minimum absolute atomic E-state index is 0.829. The first-order valence-electron chi connectivity index (χ1n) is 1.96. The summed E-state index contributed by atoms with van der Waals surface area (Å²) in [6, 6.07) is 0. The summed E-state index contributed by atoms with van der Waals surface area (Å²) in [5, 5.41) is 0. The molecule has 0 aliphatic heterocycles. The summed E-state index contributed by atoms with van der Waals surface area (Å²) in [5.74, 6) is 0.829. The summed E-state index contributed by atoms with van der Waals surface area (Å²) in [6.07, 6.45) is 6.31. The molecule has 27 valence electrons. The lowest BCUT2D eigenvalue weighted by Gasteiger charge is -2.07. The normalized spacial score (nSPS) is 33.4. The Morgan fingerprint density at radius 2 is 2.40 bits per heavy atom. The molecule has 0 aromatic heterocycles. The van der Waals surface area contributed by atoms with Crippen LogP contribution in [-0.4, -0.2) is 0 Å². The molecule has 1 aliphatic carbocycles. The fourth-order valence-corrected chi connectivity index (χ4v) is 0.354. The highest BCUT2D eigenvalue weighted by Gasteiger charge is 1.99. The largest absolute Gasteiger partial charge is 0.0779 e. The van der Waals surface area contributed by atoms with Crippen LogP contribution in [0, 0.1) is 12.0 Å². The van der Waals surface area contributed by atoms with Crippen LogP contribution in [0.5, 0.6) is 0 Å². The molecule has 0 heteroatoms. The number of hydrogen-bond donors (Lipinski definition) is 0. The Bertz CT molecular complexity index is 53.1. The quantitative estimate of drug-likeness (QED) is 0.401. The third-order valence-electron chi connectivity index (χ3n) is 0.842. The van der Waals surface area contributed by atoms with E-state index in [0.29, 0.717) is 0 Å². The molecular weight excluding hydrogens is 60.1 g/mol. The second-order valence-corrected chi connectivity index (χ2v) is 1.55. The van der Waals surface area contributed by atoms with Gasteiger partial charge in [-0.25, -0.2) is 0 Å². The predicted molar refractivity (Wildman–Crippen MR) is 21.6 cm³/mol. The highest BCUT2D eigenvalue weighted by atomic mass is 14.0. The second-order valence-electron chi connectivity index (χ2n) is 1.55. The van der Waals surface area contributed by atoms with Gasteiger partial charge in [0.05, 0.1) is 0 Å². The van der Waals surface area contributed by atoms with Crippen molar-refractivity contribution in [3.63, 3.8) is 0 Å². The zero-order valence-electron chi connectivity index (χ0n) is 3.36. The van der Waals surface area contributed by atoms with Crippen molar-refractivity contribution >= 4 is 0 Å². The van der Waals surface area contributed by atoms with E-state index in [1.165, 1.54) is 6.42 Å². The van der Waals surface area contributed by atoms with Gasteiger partial charge in [0.25, 0.3) is 0 Å². The monoisotopic (exact) mass is 67.1 g/mol. The van der Waals surface area contributed by atoms with E-state index in [1.54, 1.807) is 0 Å². The zero-order valence-corrected chi connectivity index (χ0v) is 3.36. The van der Waals surface area contributed by atoms with Gasteiger partial charge >= 0.3 is 0 Å². The lowest BCUT2D eigenvalue weighted by molar-refractivity contribution is 0.662. The van der Waals surface area contributed by atoms with Crippen molar-refractivity contribution in [3.05, 3.63) is 12.2 Å². The predicted octanol–water partition coefficient (Wildman–Crippen LogP) is 1.39. The third-order valence-corrected chi connectivity index (χ3v) is 0.842. The minimum Gasteiger partial charge on any atom is -0.0779 e. The summed E-state index contributed by atoms with van der Waals surface area (Å²) >= 11 is 0. The molecule has 0 saturated heterocycles. The summed E-state index contributed by atoms with van der Waals surface area (Å²) in [4.78, 5) is 0. The lowest BCUT2D eigenvalue weighted by Crippen LogP contribution is -1.94. The van der Waals surface area contributed by atoms with Crippen molar-refractivity contribution in [3.8, 4) is 0 Å². The Morgan fingerprint density at radius 1 is 2.00 bits per heavy atom. The first kappa shape index (κ1) is 2.95. The van der Waals surface area contributed by atoms with Crippen molar-refractivity contribution in [2.75, 3.05) is 0 Å². The van der Waals surface area contributed by atoms with Crippen LogP contribution >= 0.6 is 0 Å². The summed E-state index contributed by atoms with van der Waals surface area (Å²) < 4.78 is 0. The maximum Gasteiger partial charge on any atom is -0.0216 e. The zero-order chi connectivity index (χ0) is 3.70. The highest BCUT2D eigenvalue weighted by Crippen LogP contribution is 2.12. The van der Waals surface area contributed by atoms with Crippen molar-refractivity contribution in [2.24, 2.45) is 5.92 Å². The molecule has 1 unspecified atom stereocenters. The minimum atomic E-state index is 0.829. The maximum absolute atomic E-state index is 3.04. The SMILES string of the molecule is CC1C=[C]C1. The first-order valence-corrected chi connectivity index (χ1v) is 1.96. The van der Waals surface area contributed by atoms with Gasteiger partial charge in [-0.15, -0.1) is 0 Å². The summed E-state index contributed by atoms with van der Waals surface area (Å²) in [6.45, 7) is 2.19. The fraction of sp³-hybridized carbons (Fsp3) is 0.600. The molecular formula is C5H7. The number of allylic oxidation sites excluding steroid dienone is 2. The average Bonchev–Trinajstić information content (AvgIpc) is 1.30. The van der Waals surface area contributed by atoms with Gasteiger partial charge in [-0.1, -0.05) is 13.0 Å². The maximum atomic E-state index is 3.04. The van der Waals surface area contributed by atoms with Gasteiger partial charge < -0.3 is 0 Å². The van der Waals surface area contributed by atoms with Crippen LogP contribution in [0.15, 0.2) is 6.08 Å². The Kier molecular flexibility index (Phi) is 0.503. The molecule has 0 aromatic carbocycles. The van der Waals surface area contributed by atoms with Crippen LogP contribution in [0.3, 0.4) is 0 Å². The Morgan fingerprint density at radius 3 is 2.40 bits per heavy atom. The highest BCUT2D eigenvalue weighted by molar-refractivity contribution is 4.92. The van der Waals surface area contributed by atoms with Gasteiger partial charge in [-0.05, 0) is 18.4 Å². The van der Waals surface area contributed by atoms with Crippen LogP contribution in [0.25, 0.3) is 0 Å². The molecule has 1 radical (unpaired) electrons. The van der Waals surface area contributed by atoms with E-state index >= 15 is 0 Å². The molecule has 0 heterocycles. The van der Waals surface area contributed by atoms with Crippen molar-refractivity contribution < 1.29 is 0 Å². The molecule has 1 aliphatic rings. The lowest BCUT2D eigenvalue weighted by atomic mass is 9.98. The van der Waals surface area contributed by atoms with Crippen LogP contribution in [0.4, 0.5) is 0 Å². The topological polar surface area (TPSA) is 0 Å². The van der Waals surface area contributed by atoms with Crippen molar-refractivity contribution in [2.45, 2.75) is 13.3 Å². The summed E-state index contributed by atoms with van der Waals surface area (Å²) in [5.41, 5.74) is 0. The van der Waals surface area contributed by atoms with Crippen LogP contribution in [0.1, 0.15) is 13.3 Å².